The van der Waals surface area contributed by atoms with Crippen LogP contribution in [0.1, 0.15) is 12.0 Å². The third kappa shape index (κ3) is 4.69. The monoisotopic (exact) mass is 425 g/mol. The molecule has 0 radical (unpaired) electrons. The third-order valence-corrected chi connectivity index (χ3v) is 5.64. The van der Waals surface area contributed by atoms with E-state index in [1.165, 1.54) is 23.1 Å². The minimum Gasteiger partial charge on any atom is -0.494 e. The van der Waals surface area contributed by atoms with E-state index in [1.54, 1.807) is 17.0 Å². The van der Waals surface area contributed by atoms with Gasteiger partial charge in [0.2, 0.25) is 5.91 Å². The van der Waals surface area contributed by atoms with Gasteiger partial charge >= 0.3 is 0 Å². The van der Waals surface area contributed by atoms with Gasteiger partial charge in [-0.15, -0.1) is 0 Å². The molecular weight excluding hydrogens is 399 g/mol. The zero-order valence-corrected chi connectivity index (χ0v) is 17.4. The molecule has 0 unspecified atom stereocenters. The number of halogens is 1. The highest BCUT2D eigenvalue weighted by Crippen LogP contribution is 2.19. The minimum absolute atomic E-state index is 0.108. The van der Waals surface area contributed by atoms with Crippen molar-refractivity contribution in [1.29, 1.82) is 0 Å². The Morgan fingerprint density at radius 2 is 1.90 bits per heavy atom. The summed E-state index contributed by atoms with van der Waals surface area (Å²) in [5, 5.41) is 1.42. The number of nitrogens with zero attached hydrogens (tertiary/aromatic N) is 2. The minimum atomic E-state index is -0.360. The fourth-order valence-corrected chi connectivity index (χ4v) is 3.91. The molecule has 31 heavy (non-hydrogen) atoms. The Balaban J connectivity index is 1.34. The number of rotatable bonds is 5. The van der Waals surface area contributed by atoms with Crippen LogP contribution in [0, 0.1) is 5.82 Å². The molecule has 4 rings (SSSR count). The Bertz CT molecular complexity index is 988. The molecule has 1 fully saturated rings. The van der Waals surface area contributed by atoms with Crippen molar-refractivity contribution in [1.82, 2.24) is 10.3 Å². The van der Waals surface area contributed by atoms with Crippen molar-refractivity contribution in [2.24, 2.45) is 0 Å². The molecule has 0 atom stereocenters. The standard InChI is InChI=1S/C23H25FN4O3/c1-31-21-9-7-17(15-19(21)24)16-26-11-13-27(14-12-26)23(30)20-8-10-22(29)28(25-20)18-5-3-2-4-6-18/h2-9,15,25H,10-14,16H2,1H3/p+1. The maximum atomic E-state index is 13.9. The quantitative estimate of drug-likeness (QED) is 0.747. The van der Waals surface area contributed by atoms with Crippen molar-refractivity contribution < 1.29 is 23.6 Å². The number of carbonyl (C=O) groups excluding carboxylic acids is 2. The Morgan fingerprint density at radius 1 is 1.16 bits per heavy atom. The normalized spacial score (nSPS) is 17.2. The summed E-state index contributed by atoms with van der Waals surface area (Å²) in [7, 11) is 1.45. The van der Waals surface area contributed by atoms with Crippen molar-refractivity contribution in [2.45, 2.75) is 13.0 Å². The number of hydrazine groups is 1. The largest absolute Gasteiger partial charge is 0.494 e. The zero-order chi connectivity index (χ0) is 21.8. The Labute approximate surface area is 180 Å². The van der Waals surface area contributed by atoms with Gasteiger partial charge in [0, 0.05) is 12.0 Å². The van der Waals surface area contributed by atoms with Crippen LogP contribution in [0.3, 0.4) is 0 Å². The SMILES string of the molecule is COc1ccc(C[NH+]2CCN(C(=O)C3=CCC(=O)N(c4ccccc4)N3)CC2)cc1F. The van der Waals surface area contributed by atoms with Gasteiger partial charge in [-0.3, -0.25) is 15.0 Å². The number of hydrogen-bond donors (Lipinski definition) is 2. The second-order valence-electron chi connectivity index (χ2n) is 7.69. The van der Waals surface area contributed by atoms with Crippen LogP contribution in [0.5, 0.6) is 5.75 Å². The molecule has 162 valence electrons. The average molecular weight is 425 g/mol. The van der Waals surface area contributed by atoms with Gasteiger partial charge in [0.1, 0.15) is 12.2 Å². The molecule has 2 aliphatic rings. The summed E-state index contributed by atoms with van der Waals surface area (Å²) >= 11 is 0. The van der Waals surface area contributed by atoms with Crippen molar-refractivity contribution in [3.63, 3.8) is 0 Å². The van der Waals surface area contributed by atoms with Crippen molar-refractivity contribution in [3.8, 4) is 5.75 Å². The first-order valence-corrected chi connectivity index (χ1v) is 10.3. The maximum absolute atomic E-state index is 13.9. The lowest BCUT2D eigenvalue weighted by molar-refractivity contribution is -0.917. The number of hydrogen-bond acceptors (Lipinski definition) is 4. The number of benzene rings is 2. The number of nitrogens with one attached hydrogen (secondary N) is 2. The van der Waals surface area contributed by atoms with E-state index in [1.807, 2.05) is 36.4 Å². The van der Waals surface area contributed by atoms with Gasteiger partial charge in [-0.25, -0.2) is 9.40 Å². The van der Waals surface area contributed by atoms with Crippen molar-refractivity contribution >= 4 is 17.5 Å². The molecule has 2 heterocycles. The second-order valence-corrected chi connectivity index (χ2v) is 7.69. The summed E-state index contributed by atoms with van der Waals surface area (Å²) in [6, 6.07) is 14.2. The molecule has 0 bridgehead atoms. The van der Waals surface area contributed by atoms with Crippen molar-refractivity contribution in [3.05, 3.63) is 71.7 Å². The highest BCUT2D eigenvalue weighted by Gasteiger charge is 2.30. The fraction of sp³-hybridized carbons (Fsp3) is 0.304. The average Bonchev–Trinajstić information content (AvgIpc) is 2.80. The van der Waals surface area contributed by atoms with Gasteiger partial charge in [-0.05, 0) is 36.4 Å². The molecule has 2 aromatic carbocycles. The summed E-state index contributed by atoms with van der Waals surface area (Å²) in [5.41, 5.74) is 5.00. The van der Waals surface area contributed by atoms with Crippen LogP contribution >= 0.6 is 0 Å². The highest BCUT2D eigenvalue weighted by molar-refractivity contribution is 6.01. The van der Waals surface area contributed by atoms with Gasteiger partial charge < -0.3 is 14.5 Å². The molecule has 2 amide bonds. The van der Waals surface area contributed by atoms with Crippen LogP contribution in [0.4, 0.5) is 10.1 Å². The summed E-state index contributed by atoms with van der Waals surface area (Å²) in [5.74, 6) is -0.335. The van der Waals surface area contributed by atoms with Crippen LogP contribution in [0.2, 0.25) is 0 Å². The lowest BCUT2D eigenvalue weighted by Crippen LogP contribution is -3.13. The van der Waals surface area contributed by atoms with Gasteiger partial charge in [0.05, 0.1) is 39.0 Å². The topological polar surface area (TPSA) is 66.3 Å². The molecule has 0 spiro atoms. The summed E-state index contributed by atoms with van der Waals surface area (Å²) in [4.78, 5) is 28.4. The maximum Gasteiger partial charge on any atom is 0.271 e. The number of piperazine rings is 1. The molecule has 0 aliphatic carbocycles. The fourth-order valence-electron chi connectivity index (χ4n) is 3.91. The number of carbonyl (C=O) groups is 2. The number of amides is 2. The molecule has 8 heteroatoms. The van der Waals surface area contributed by atoms with Gasteiger partial charge in [-0.2, -0.15) is 0 Å². The van der Waals surface area contributed by atoms with Crippen LogP contribution < -0.4 is 20.1 Å². The van der Waals surface area contributed by atoms with E-state index in [2.05, 4.69) is 5.43 Å². The molecule has 2 N–H and O–H groups in total. The molecule has 1 saturated heterocycles. The summed E-state index contributed by atoms with van der Waals surface area (Å²) in [6.07, 6.45) is 1.83. The van der Waals surface area contributed by atoms with E-state index in [0.717, 1.165) is 18.7 Å². The molecule has 7 nitrogen and oxygen atoms in total. The van der Waals surface area contributed by atoms with E-state index >= 15 is 0 Å². The van der Waals surface area contributed by atoms with Crippen LogP contribution in [-0.2, 0) is 16.1 Å². The Morgan fingerprint density at radius 3 is 2.58 bits per heavy atom. The van der Waals surface area contributed by atoms with Crippen molar-refractivity contribution in [2.75, 3.05) is 38.3 Å². The number of anilines is 1. The molecule has 2 aromatic rings. The van der Waals surface area contributed by atoms with Gasteiger partial charge in [-0.1, -0.05) is 18.2 Å². The highest BCUT2D eigenvalue weighted by atomic mass is 19.1. The summed E-state index contributed by atoms with van der Waals surface area (Å²) < 4.78 is 18.9. The molecular formula is C23H26FN4O3+. The van der Waals surface area contributed by atoms with E-state index in [0.29, 0.717) is 31.0 Å². The number of quaternary nitrogens is 1. The predicted octanol–water partition coefficient (Wildman–Crippen LogP) is 0.887. The number of ether oxygens (including phenoxy) is 1. The zero-order valence-electron chi connectivity index (χ0n) is 17.4. The number of para-hydroxylation sites is 1. The first kappa shape index (κ1) is 20.9. The molecule has 2 aliphatic heterocycles. The van der Waals surface area contributed by atoms with E-state index in [4.69, 9.17) is 4.74 Å². The smallest absolute Gasteiger partial charge is 0.271 e. The third-order valence-electron chi connectivity index (χ3n) is 5.64. The van der Waals surface area contributed by atoms with E-state index in [-0.39, 0.29) is 29.8 Å². The second kappa shape index (κ2) is 9.18. The Hall–Kier alpha value is -3.39. The number of methoxy groups -OCH3 is 1. The molecule has 0 saturated carbocycles. The molecule has 0 aromatic heterocycles. The Kier molecular flexibility index (Phi) is 6.18. The predicted molar refractivity (Wildman–Crippen MR) is 114 cm³/mol. The van der Waals surface area contributed by atoms with Crippen LogP contribution in [-0.4, -0.2) is 50.0 Å². The first-order valence-electron chi connectivity index (χ1n) is 10.3. The van der Waals surface area contributed by atoms with Gasteiger partial charge in [0.15, 0.2) is 11.6 Å². The lowest BCUT2D eigenvalue weighted by atomic mass is 10.1. The summed E-state index contributed by atoms with van der Waals surface area (Å²) in [6.45, 7) is 3.44. The lowest BCUT2D eigenvalue weighted by Gasteiger charge is -2.35. The van der Waals surface area contributed by atoms with E-state index in [9.17, 15) is 14.0 Å². The van der Waals surface area contributed by atoms with Gasteiger partial charge in [0.25, 0.3) is 5.91 Å². The first-order chi connectivity index (χ1) is 15.0. The van der Waals surface area contributed by atoms with E-state index < -0.39 is 0 Å². The van der Waals surface area contributed by atoms with Crippen LogP contribution in [0.25, 0.3) is 0 Å². The van der Waals surface area contributed by atoms with Crippen LogP contribution in [0.15, 0.2) is 60.3 Å².